The zero-order valence-electron chi connectivity index (χ0n) is 9.93. The molecule has 18 heavy (non-hydrogen) atoms. The van der Waals surface area contributed by atoms with Crippen LogP contribution in [0.25, 0.3) is 10.8 Å². The molecule has 0 unspecified atom stereocenters. The van der Waals surface area contributed by atoms with E-state index in [1.807, 2.05) is 24.3 Å². The first-order valence-electron chi connectivity index (χ1n) is 5.51. The number of hydrogen-bond donors (Lipinski definition) is 1. The molecule has 0 atom stereocenters. The van der Waals surface area contributed by atoms with E-state index in [0.29, 0.717) is 5.75 Å². The Hall–Kier alpha value is -2.47. The van der Waals surface area contributed by atoms with Gasteiger partial charge >= 0.3 is 5.97 Å². The first kappa shape index (κ1) is 12.0. The highest BCUT2D eigenvalue weighted by Gasteiger charge is 2.14. The van der Waals surface area contributed by atoms with Crippen LogP contribution in [0.1, 0.15) is 17.3 Å². The molecule has 0 spiro atoms. The molecule has 0 aliphatic rings. The monoisotopic (exact) mass is 240 g/mol. The lowest BCUT2D eigenvalue weighted by molar-refractivity contribution is 0.0693. The first-order chi connectivity index (χ1) is 8.74. The number of fused-ring (bicyclic) bond motifs is 1. The Labute approximate surface area is 105 Å². The maximum absolute atomic E-state index is 11.2. The highest BCUT2D eigenvalue weighted by molar-refractivity contribution is 6.00. The molecule has 0 bridgehead atoms. The first-order valence-corrected chi connectivity index (χ1v) is 5.51. The van der Waals surface area contributed by atoms with Gasteiger partial charge in [0.05, 0.1) is 0 Å². The zero-order chi connectivity index (χ0) is 13.0. The topological polar surface area (TPSA) is 46.5 Å². The molecule has 0 aromatic heterocycles. The molecule has 3 nitrogen and oxygen atoms in total. The van der Waals surface area contributed by atoms with Crippen molar-refractivity contribution >= 4 is 16.7 Å². The van der Waals surface area contributed by atoms with Crippen molar-refractivity contribution in [3.8, 4) is 17.6 Å². The summed E-state index contributed by atoms with van der Waals surface area (Å²) >= 11 is 0. The molecule has 0 aliphatic heterocycles. The van der Waals surface area contributed by atoms with E-state index in [1.165, 1.54) is 0 Å². The summed E-state index contributed by atoms with van der Waals surface area (Å²) in [5, 5.41) is 10.9. The SMILES string of the molecule is CC#CCOc1c(C(=O)O)ccc2ccccc12. The van der Waals surface area contributed by atoms with Crippen LogP contribution in [-0.4, -0.2) is 17.7 Å². The highest BCUT2D eigenvalue weighted by atomic mass is 16.5. The van der Waals surface area contributed by atoms with Crippen molar-refractivity contribution in [1.82, 2.24) is 0 Å². The third-order valence-corrected chi connectivity index (χ3v) is 2.58. The lowest BCUT2D eigenvalue weighted by Crippen LogP contribution is -2.04. The predicted octanol–water partition coefficient (Wildman–Crippen LogP) is 2.94. The van der Waals surface area contributed by atoms with Crippen LogP contribution >= 0.6 is 0 Å². The van der Waals surface area contributed by atoms with E-state index in [9.17, 15) is 4.79 Å². The Morgan fingerprint density at radius 2 is 2.06 bits per heavy atom. The minimum absolute atomic E-state index is 0.159. The van der Waals surface area contributed by atoms with Crippen molar-refractivity contribution in [2.75, 3.05) is 6.61 Å². The van der Waals surface area contributed by atoms with Crippen molar-refractivity contribution in [2.24, 2.45) is 0 Å². The second kappa shape index (κ2) is 5.24. The molecule has 0 heterocycles. The molecular weight excluding hydrogens is 228 g/mol. The van der Waals surface area contributed by atoms with Crippen molar-refractivity contribution in [3.05, 3.63) is 42.0 Å². The smallest absolute Gasteiger partial charge is 0.339 e. The summed E-state index contributed by atoms with van der Waals surface area (Å²) in [4.78, 5) is 11.2. The van der Waals surface area contributed by atoms with E-state index >= 15 is 0 Å². The quantitative estimate of drug-likeness (QED) is 0.839. The molecule has 0 fully saturated rings. The molecule has 0 saturated heterocycles. The van der Waals surface area contributed by atoms with Gasteiger partial charge in [0.25, 0.3) is 0 Å². The normalized spacial score (nSPS) is 9.61. The molecule has 0 amide bonds. The second-order valence-corrected chi connectivity index (χ2v) is 3.68. The summed E-state index contributed by atoms with van der Waals surface area (Å²) in [6.45, 7) is 1.90. The molecule has 2 rings (SSSR count). The molecule has 90 valence electrons. The average Bonchev–Trinajstić information content (AvgIpc) is 2.38. The summed E-state index contributed by atoms with van der Waals surface area (Å²) in [7, 11) is 0. The fraction of sp³-hybridized carbons (Fsp3) is 0.133. The van der Waals surface area contributed by atoms with Gasteiger partial charge in [-0.2, -0.15) is 0 Å². The van der Waals surface area contributed by atoms with Crippen LogP contribution in [0.5, 0.6) is 5.75 Å². The van der Waals surface area contributed by atoms with Gasteiger partial charge < -0.3 is 9.84 Å². The summed E-state index contributed by atoms with van der Waals surface area (Å²) in [5.74, 6) is 4.85. The predicted molar refractivity (Wildman–Crippen MR) is 69.9 cm³/mol. The number of carboxylic acid groups (broad SMARTS) is 1. The zero-order valence-corrected chi connectivity index (χ0v) is 9.93. The van der Waals surface area contributed by atoms with Crippen molar-refractivity contribution in [2.45, 2.75) is 6.92 Å². The van der Waals surface area contributed by atoms with E-state index in [4.69, 9.17) is 9.84 Å². The molecule has 3 heteroatoms. The van der Waals surface area contributed by atoms with E-state index < -0.39 is 5.97 Å². The number of hydrogen-bond acceptors (Lipinski definition) is 2. The third kappa shape index (κ3) is 2.28. The van der Waals surface area contributed by atoms with Crippen molar-refractivity contribution in [1.29, 1.82) is 0 Å². The lowest BCUT2D eigenvalue weighted by Gasteiger charge is -2.10. The fourth-order valence-electron chi connectivity index (χ4n) is 1.75. The third-order valence-electron chi connectivity index (χ3n) is 2.58. The van der Waals surface area contributed by atoms with Gasteiger partial charge in [0.15, 0.2) is 0 Å². The standard InChI is InChI=1S/C15H12O3/c1-2-3-10-18-14-12-7-5-4-6-11(12)8-9-13(14)15(16)17/h4-9H,10H2,1H3,(H,16,17). The Kier molecular flexibility index (Phi) is 3.49. The van der Waals surface area contributed by atoms with Crippen LogP contribution in [0.2, 0.25) is 0 Å². The van der Waals surface area contributed by atoms with Crippen molar-refractivity contribution < 1.29 is 14.6 Å². The molecule has 0 aliphatic carbocycles. The maximum Gasteiger partial charge on any atom is 0.339 e. The van der Waals surface area contributed by atoms with Gasteiger partial charge in [-0.1, -0.05) is 36.3 Å². The van der Waals surface area contributed by atoms with Crippen LogP contribution in [0.15, 0.2) is 36.4 Å². The van der Waals surface area contributed by atoms with Crippen LogP contribution in [0.4, 0.5) is 0 Å². The fourth-order valence-corrected chi connectivity index (χ4v) is 1.75. The molecule has 0 saturated carbocycles. The number of carbonyl (C=O) groups is 1. The average molecular weight is 240 g/mol. The van der Waals surface area contributed by atoms with E-state index in [2.05, 4.69) is 11.8 Å². The largest absolute Gasteiger partial charge is 0.479 e. The van der Waals surface area contributed by atoms with Crippen LogP contribution in [0, 0.1) is 11.8 Å². The Balaban J connectivity index is 2.57. The Bertz CT molecular complexity index is 648. The second-order valence-electron chi connectivity index (χ2n) is 3.68. The lowest BCUT2D eigenvalue weighted by atomic mass is 10.1. The molecular formula is C15H12O3. The summed E-state index contributed by atoms with van der Waals surface area (Å²) in [5.41, 5.74) is 0.159. The number of rotatable bonds is 3. The van der Waals surface area contributed by atoms with Gasteiger partial charge in [-0.15, -0.1) is 5.92 Å². The highest BCUT2D eigenvalue weighted by Crippen LogP contribution is 2.29. The van der Waals surface area contributed by atoms with Crippen LogP contribution < -0.4 is 4.74 Å². The van der Waals surface area contributed by atoms with Crippen LogP contribution in [0.3, 0.4) is 0 Å². The molecule has 2 aromatic rings. The number of aromatic carboxylic acids is 1. The van der Waals surface area contributed by atoms with Gasteiger partial charge in [-0.05, 0) is 18.4 Å². The minimum atomic E-state index is -1.000. The van der Waals surface area contributed by atoms with Gasteiger partial charge in [0.2, 0.25) is 0 Å². The maximum atomic E-state index is 11.2. The van der Waals surface area contributed by atoms with Crippen LogP contribution in [-0.2, 0) is 0 Å². The minimum Gasteiger partial charge on any atom is -0.479 e. The van der Waals surface area contributed by atoms with Gasteiger partial charge in [0.1, 0.15) is 17.9 Å². The number of carboxylic acids is 1. The summed E-state index contributed by atoms with van der Waals surface area (Å²) in [6.07, 6.45) is 0. The van der Waals surface area contributed by atoms with E-state index in [0.717, 1.165) is 10.8 Å². The van der Waals surface area contributed by atoms with Gasteiger partial charge in [-0.3, -0.25) is 0 Å². The summed E-state index contributed by atoms with van der Waals surface area (Å²) < 4.78 is 5.50. The van der Waals surface area contributed by atoms with Gasteiger partial charge in [0, 0.05) is 5.39 Å². The van der Waals surface area contributed by atoms with E-state index in [-0.39, 0.29) is 12.2 Å². The molecule has 0 radical (unpaired) electrons. The molecule has 1 N–H and O–H groups in total. The Morgan fingerprint density at radius 1 is 1.28 bits per heavy atom. The summed E-state index contributed by atoms with van der Waals surface area (Å²) in [6, 6.07) is 10.8. The number of benzene rings is 2. The number of ether oxygens (including phenoxy) is 1. The van der Waals surface area contributed by atoms with Crippen molar-refractivity contribution in [3.63, 3.8) is 0 Å². The van der Waals surface area contributed by atoms with E-state index in [1.54, 1.807) is 19.1 Å². The molecule has 2 aromatic carbocycles. The van der Waals surface area contributed by atoms with Gasteiger partial charge in [-0.25, -0.2) is 4.79 Å². The Morgan fingerprint density at radius 3 is 2.78 bits per heavy atom.